The highest BCUT2D eigenvalue weighted by Crippen LogP contribution is 2.41. The van der Waals surface area contributed by atoms with E-state index < -0.39 is 35.4 Å². The first kappa shape index (κ1) is 32.1. The fourth-order valence-electron chi connectivity index (χ4n) is 4.41. The molecule has 0 N–H and O–H groups in total. The number of hydrogen-bond acceptors (Lipinski definition) is 0. The second-order valence-electron chi connectivity index (χ2n) is 10.8. The van der Waals surface area contributed by atoms with Crippen LogP contribution in [0.3, 0.4) is 0 Å². The molecule has 0 nitrogen and oxygen atoms in total. The number of allylic oxidation sites excluding steroid dienone is 12. The predicted molar refractivity (Wildman–Crippen MR) is 143 cm³/mol. The Balaban J connectivity index is 0.000000276. The zero-order valence-corrected chi connectivity index (χ0v) is 22.9. The molecule has 0 saturated carbocycles. The monoisotopic (exact) mass is 512 g/mol. The molecule has 4 atom stereocenters. The summed E-state index contributed by atoms with van der Waals surface area (Å²) in [4.78, 5) is 0. The number of halogens is 5. The predicted octanol–water partition coefficient (Wildman–Crippen LogP) is 11.3. The minimum Gasteiger partial charge on any atom is -0.239 e. The maximum Gasteiger partial charge on any atom is 0.195 e. The summed E-state index contributed by atoms with van der Waals surface area (Å²) in [5.74, 6) is -7.23. The van der Waals surface area contributed by atoms with E-state index >= 15 is 0 Å². The smallest absolute Gasteiger partial charge is 0.195 e. The van der Waals surface area contributed by atoms with Crippen molar-refractivity contribution in [3.05, 3.63) is 71.4 Å². The average molecular weight is 513 g/mol. The van der Waals surface area contributed by atoms with Gasteiger partial charge in [-0.2, -0.15) is 0 Å². The minimum absolute atomic E-state index is 0.0544. The van der Waals surface area contributed by atoms with Crippen LogP contribution in [0.25, 0.3) is 0 Å². The second-order valence-corrected chi connectivity index (χ2v) is 10.8. The molecule has 3 aliphatic rings. The average Bonchev–Trinajstić information content (AvgIpc) is 2.86. The Bertz CT molecular complexity index is 851. The van der Waals surface area contributed by atoms with Gasteiger partial charge in [-0.05, 0) is 54.9 Å². The van der Waals surface area contributed by atoms with Crippen LogP contribution in [0.15, 0.2) is 71.4 Å². The van der Waals surface area contributed by atoms with E-state index in [-0.39, 0.29) is 6.42 Å². The van der Waals surface area contributed by atoms with Crippen LogP contribution in [0.2, 0.25) is 0 Å². The maximum absolute atomic E-state index is 13.0. The Labute approximate surface area is 215 Å². The zero-order chi connectivity index (χ0) is 27.3. The Hall–Kier alpha value is -1.91. The van der Waals surface area contributed by atoms with Crippen LogP contribution in [0, 0.1) is 23.2 Å². The molecule has 0 fully saturated rings. The normalized spacial score (nSPS) is 25.7. The van der Waals surface area contributed by atoms with E-state index in [0.717, 1.165) is 11.8 Å². The molecule has 3 aliphatic carbocycles. The Morgan fingerprint density at radius 3 is 1.75 bits per heavy atom. The molecular weight excluding hydrogens is 467 g/mol. The lowest BCUT2D eigenvalue weighted by molar-refractivity contribution is 0.196. The molecule has 3 rings (SSSR count). The van der Waals surface area contributed by atoms with E-state index in [9.17, 15) is 22.0 Å². The summed E-state index contributed by atoms with van der Waals surface area (Å²) < 4.78 is 63.7. The summed E-state index contributed by atoms with van der Waals surface area (Å²) >= 11 is 0. The second kappa shape index (κ2) is 16.0. The molecule has 0 heterocycles. The molecular formula is C31H45F5. The number of hydrogen-bond donors (Lipinski definition) is 0. The summed E-state index contributed by atoms with van der Waals surface area (Å²) in [7, 11) is 0. The first-order valence-corrected chi connectivity index (χ1v) is 13.4. The van der Waals surface area contributed by atoms with Gasteiger partial charge in [-0.15, -0.1) is 0 Å². The third kappa shape index (κ3) is 10.2. The van der Waals surface area contributed by atoms with Gasteiger partial charge in [0.15, 0.2) is 23.7 Å². The molecule has 0 amide bonds. The van der Waals surface area contributed by atoms with E-state index in [0.29, 0.717) is 11.8 Å². The molecule has 0 radical (unpaired) electrons. The van der Waals surface area contributed by atoms with E-state index in [1.165, 1.54) is 44.1 Å². The van der Waals surface area contributed by atoms with E-state index in [1.54, 1.807) is 6.92 Å². The third-order valence-corrected chi connectivity index (χ3v) is 6.58. The largest absolute Gasteiger partial charge is 0.239 e. The van der Waals surface area contributed by atoms with Crippen LogP contribution in [-0.4, -0.2) is 6.17 Å². The zero-order valence-electron chi connectivity index (χ0n) is 22.9. The summed E-state index contributed by atoms with van der Waals surface area (Å²) in [5, 5.41) is 0. The van der Waals surface area contributed by atoms with Gasteiger partial charge >= 0.3 is 0 Å². The van der Waals surface area contributed by atoms with Gasteiger partial charge in [0.05, 0.1) is 5.92 Å². The van der Waals surface area contributed by atoms with Gasteiger partial charge < -0.3 is 0 Å². The molecule has 0 aromatic rings. The molecule has 0 spiro atoms. The topological polar surface area (TPSA) is 0 Å². The Morgan fingerprint density at radius 1 is 0.750 bits per heavy atom. The highest BCUT2D eigenvalue weighted by Gasteiger charge is 2.39. The van der Waals surface area contributed by atoms with Crippen LogP contribution in [0.1, 0.15) is 92.9 Å². The van der Waals surface area contributed by atoms with Crippen molar-refractivity contribution < 1.29 is 22.0 Å². The molecule has 0 bridgehead atoms. The summed E-state index contributed by atoms with van der Waals surface area (Å²) in [6, 6.07) is 0. The van der Waals surface area contributed by atoms with Crippen molar-refractivity contribution in [2.45, 2.75) is 99.1 Å². The Kier molecular flexibility index (Phi) is 14.3. The first-order chi connectivity index (χ1) is 17.0. The molecule has 4 unspecified atom stereocenters. The summed E-state index contributed by atoms with van der Waals surface area (Å²) in [5.41, 5.74) is 1.83. The molecule has 0 aliphatic heterocycles. The number of rotatable bonds is 6. The van der Waals surface area contributed by atoms with Gasteiger partial charge in [-0.3, -0.25) is 0 Å². The van der Waals surface area contributed by atoms with Crippen molar-refractivity contribution in [2.24, 2.45) is 23.2 Å². The maximum atomic E-state index is 13.0. The highest BCUT2D eigenvalue weighted by molar-refractivity contribution is 5.33. The van der Waals surface area contributed by atoms with Gasteiger partial charge in [-0.1, -0.05) is 103 Å². The van der Waals surface area contributed by atoms with Crippen molar-refractivity contribution in [1.82, 2.24) is 0 Å². The van der Waals surface area contributed by atoms with Gasteiger partial charge in [-0.25, -0.2) is 22.0 Å². The molecule has 36 heavy (non-hydrogen) atoms. The van der Waals surface area contributed by atoms with E-state index in [2.05, 4.69) is 77.2 Å². The quantitative estimate of drug-likeness (QED) is 0.310. The standard InChI is InChI=1S/C13H22.C9H9F5.C9H14/c1-5-6-11-7-9-12(10-8-11)13(2,3)4;1-2-3-4-5(10)7(12)9(14)8(13)6(4)11;1-2-6-9-7-4-3-5-8-9/h7,9-11H,5-6,8H2,1-4H3;4-5H,2-3H2,1H3;3-5,7,9H,2,6,8H2,1H3. The van der Waals surface area contributed by atoms with Crippen LogP contribution in [0.5, 0.6) is 0 Å². The lowest BCUT2D eigenvalue weighted by Crippen LogP contribution is -2.22. The molecule has 0 saturated heterocycles. The molecule has 0 aromatic carbocycles. The highest BCUT2D eigenvalue weighted by atomic mass is 19.2. The van der Waals surface area contributed by atoms with Crippen molar-refractivity contribution in [2.75, 3.05) is 0 Å². The van der Waals surface area contributed by atoms with Crippen LogP contribution < -0.4 is 0 Å². The van der Waals surface area contributed by atoms with Gasteiger partial charge in [0.1, 0.15) is 5.83 Å². The van der Waals surface area contributed by atoms with Crippen molar-refractivity contribution in [3.8, 4) is 0 Å². The lowest BCUT2D eigenvalue weighted by Gasteiger charge is -2.24. The van der Waals surface area contributed by atoms with Gasteiger partial charge in [0.2, 0.25) is 0 Å². The van der Waals surface area contributed by atoms with Crippen LogP contribution in [0.4, 0.5) is 22.0 Å². The van der Waals surface area contributed by atoms with Gasteiger partial charge in [0.25, 0.3) is 0 Å². The Morgan fingerprint density at radius 2 is 1.31 bits per heavy atom. The molecule has 5 heteroatoms. The summed E-state index contributed by atoms with van der Waals surface area (Å²) in [6.07, 6.45) is 21.7. The molecule has 0 aromatic heterocycles. The fraction of sp³-hybridized carbons (Fsp3) is 0.613. The first-order valence-electron chi connectivity index (χ1n) is 13.4. The van der Waals surface area contributed by atoms with Crippen molar-refractivity contribution >= 4 is 0 Å². The SMILES string of the molecule is CCCC1C(F)=C(F)C(F)=C(F)C1F.CCCC1C=CC(C(C)(C)C)=CC1.CCCC1C=CC=CC1. The number of alkyl halides is 1. The minimum atomic E-state index is -2.41. The van der Waals surface area contributed by atoms with Gasteiger partial charge in [0, 0.05) is 0 Å². The van der Waals surface area contributed by atoms with Crippen LogP contribution in [-0.2, 0) is 0 Å². The van der Waals surface area contributed by atoms with E-state index in [1.807, 2.05) is 0 Å². The van der Waals surface area contributed by atoms with Crippen molar-refractivity contribution in [3.63, 3.8) is 0 Å². The van der Waals surface area contributed by atoms with Crippen molar-refractivity contribution in [1.29, 1.82) is 0 Å². The van der Waals surface area contributed by atoms with Crippen LogP contribution >= 0.6 is 0 Å². The fourth-order valence-corrected chi connectivity index (χ4v) is 4.41. The lowest BCUT2D eigenvalue weighted by atomic mass is 9.81. The van der Waals surface area contributed by atoms with E-state index in [4.69, 9.17) is 0 Å². The third-order valence-electron chi connectivity index (χ3n) is 6.58. The molecule has 204 valence electrons. The summed E-state index contributed by atoms with van der Waals surface area (Å²) in [6.45, 7) is 13.0.